The Kier molecular flexibility index (Phi) is 5.60. The molecule has 0 aromatic heterocycles. The summed E-state index contributed by atoms with van der Waals surface area (Å²) in [5.41, 5.74) is 0. The third kappa shape index (κ3) is 4.09. The molecule has 6 heteroatoms. The maximum Gasteiger partial charge on any atom is 0.323 e. The molecule has 1 N–H and O–H groups in total. The Morgan fingerprint density at radius 3 is 2.58 bits per heavy atom. The molecule has 1 rings (SSSR count). The van der Waals surface area contributed by atoms with Crippen molar-refractivity contribution in [3.63, 3.8) is 0 Å². The lowest BCUT2D eigenvalue weighted by molar-refractivity contribution is -0.138. The summed E-state index contributed by atoms with van der Waals surface area (Å²) < 4.78 is 5.55. The minimum absolute atomic E-state index is 0.00871. The zero-order valence-electron chi connectivity index (χ0n) is 12.1. The van der Waals surface area contributed by atoms with Crippen LogP contribution >= 0.6 is 0 Å². The van der Waals surface area contributed by atoms with Gasteiger partial charge in [0.2, 0.25) is 0 Å². The van der Waals surface area contributed by atoms with Gasteiger partial charge < -0.3 is 19.6 Å². The first kappa shape index (κ1) is 15.8. The Labute approximate surface area is 114 Å². The largest absolute Gasteiger partial charge is 0.480 e. The van der Waals surface area contributed by atoms with Crippen LogP contribution in [0.15, 0.2) is 0 Å². The van der Waals surface area contributed by atoms with Crippen LogP contribution < -0.4 is 0 Å². The third-order valence-corrected chi connectivity index (χ3v) is 3.36. The predicted octanol–water partition coefficient (Wildman–Crippen LogP) is 1.40. The van der Waals surface area contributed by atoms with Gasteiger partial charge in [-0.25, -0.2) is 4.79 Å². The SMILES string of the molecule is CCC1COC(C)CN1C(=O)N(CC(=O)O)C(C)C. The fraction of sp³-hybridized carbons (Fsp3) is 0.846. The molecule has 0 radical (unpaired) electrons. The van der Waals surface area contributed by atoms with Crippen molar-refractivity contribution in [2.24, 2.45) is 0 Å². The number of aliphatic carboxylic acids is 1. The first-order valence-electron chi connectivity index (χ1n) is 6.77. The summed E-state index contributed by atoms with van der Waals surface area (Å²) in [4.78, 5) is 26.5. The number of rotatable bonds is 4. The highest BCUT2D eigenvalue weighted by Crippen LogP contribution is 2.17. The van der Waals surface area contributed by atoms with E-state index in [2.05, 4.69) is 0 Å². The number of amides is 2. The molecule has 110 valence electrons. The van der Waals surface area contributed by atoms with Gasteiger partial charge >= 0.3 is 12.0 Å². The lowest BCUT2D eigenvalue weighted by Gasteiger charge is -2.41. The zero-order valence-corrected chi connectivity index (χ0v) is 12.1. The average Bonchev–Trinajstić information content (AvgIpc) is 2.34. The minimum Gasteiger partial charge on any atom is -0.480 e. The number of nitrogens with zero attached hydrogens (tertiary/aromatic N) is 2. The summed E-state index contributed by atoms with van der Waals surface area (Å²) in [6, 6.07) is -0.322. The highest BCUT2D eigenvalue weighted by Gasteiger charge is 2.33. The fourth-order valence-electron chi connectivity index (χ4n) is 2.20. The van der Waals surface area contributed by atoms with E-state index < -0.39 is 5.97 Å². The van der Waals surface area contributed by atoms with Crippen LogP contribution in [0.5, 0.6) is 0 Å². The van der Waals surface area contributed by atoms with E-state index in [0.717, 1.165) is 6.42 Å². The summed E-state index contributed by atoms with van der Waals surface area (Å²) in [5.74, 6) is -0.989. The van der Waals surface area contributed by atoms with Crippen molar-refractivity contribution < 1.29 is 19.4 Å². The maximum atomic E-state index is 12.5. The van der Waals surface area contributed by atoms with Crippen molar-refractivity contribution in [1.82, 2.24) is 9.80 Å². The molecule has 2 amide bonds. The van der Waals surface area contributed by atoms with Gasteiger partial charge in [-0.2, -0.15) is 0 Å². The second-order valence-electron chi connectivity index (χ2n) is 5.26. The van der Waals surface area contributed by atoms with Crippen LogP contribution in [0.3, 0.4) is 0 Å². The van der Waals surface area contributed by atoms with Gasteiger partial charge in [-0.1, -0.05) is 6.92 Å². The number of carboxylic acids is 1. The molecule has 1 fully saturated rings. The summed E-state index contributed by atoms with van der Waals surface area (Å²) in [7, 11) is 0. The van der Waals surface area contributed by atoms with Crippen LogP contribution in [0.1, 0.15) is 34.1 Å². The summed E-state index contributed by atoms with van der Waals surface area (Å²) in [5, 5.41) is 8.92. The highest BCUT2D eigenvalue weighted by atomic mass is 16.5. The Balaban J connectivity index is 2.83. The topological polar surface area (TPSA) is 70.1 Å². The average molecular weight is 272 g/mol. The van der Waals surface area contributed by atoms with Crippen molar-refractivity contribution >= 4 is 12.0 Å². The summed E-state index contributed by atoms with van der Waals surface area (Å²) >= 11 is 0. The van der Waals surface area contributed by atoms with Gasteiger partial charge in [-0.3, -0.25) is 4.79 Å². The van der Waals surface area contributed by atoms with Crippen LogP contribution in [0.2, 0.25) is 0 Å². The molecule has 2 atom stereocenters. The number of ether oxygens (including phenoxy) is 1. The maximum absolute atomic E-state index is 12.5. The monoisotopic (exact) mass is 272 g/mol. The molecule has 2 unspecified atom stereocenters. The number of carbonyl (C=O) groups excluding carboxylic acids is 1. The van der Waals surface area contributed by atoms with Crippen LogP contribution in [0, 0.1) is 0 Å². The lowest BCUT2D eigenvalue weighted by atomic mass is 10.1. The van der Waals surface area contributed by atoms with Gasteiger partial charge in [0.15, 0.2) is 0 Å². The van der Waals surface area contributed by atoms with Crippen LogP contribution in [0.4, 0.5) is 4.79 Å². The van der Waals surface area contributed by atoms with Gasteiger partial charge in [0.05, 0.1) is 18.8 Å². The molecule has 0 saturated carbocycles. The first-order chi connectivity index (χ1) is 8.86. The Bertz CT molecular complexity index is 333. The predicted molar refractivity (Wildman–Crippen MR) is 71.1 cm³/mol. The Hall–Kier alpha value is -1.30. The molecular weight excluding hydrogens is 248 g/mol. The van der Waals surface area contributed by atoms with Crippen molar-refractivity contribution in [2.75, 3.05) is 19.7 Å². The van der Waals surface area contributed by atoms with E-state index in [9.17, 15) is 9.59 Å². The van der Waals surface area contributed by atoms with Crippen molar-refractivity contribution in [3.8, 4) is 0 Å². The third-order valence-electron chi connectivity index (χ3n) is 3.36. The van der Waals surface area contributed by atoms with Gasteiger partial charge in [0.1, 0.15) is 6.54 Å². The second-order valence-corrected chi connectivity index (χ2v) is 5.26. The number of morpholine rings is 1. The summed E-state index contributed by atoms with van der Waals surface area (Å²) in [6.45, 7) is 8.34. The molecule has 1 saturated heterocycles. The normalized spacial score (nSPS) is 23.5. The number of urea groups is 1. The molecule has 0 aromatic carbocycles. The number of carbonyl (C=O) groups is 2. The molecule has 0 aliphatic carbocycles. The Morgan fingerprint density at radius 2 is 2.11 bits per heavy atom. The highest BCUT2D eigenvalue weighted by molar-refractivity contribution is 5.80. The zero-order chi connectivity index (χ0) is 14.6. The molecule has 0 bridgehead atoms. The molecule has 0 aromatic rings. The van der Waals surface area contributed by atoms with Crippen molar-refractivity contribution in [1.29, 1.82) is 0 Å². The van der Waals surface area contributed by atoms with Crippen molar-refractivity contribution in [3.05, 3.63) is 0 Å². The van der Waals surface area contributed by atoms with E-state index in [1.165, 1.54) is 4.90 Å². The first-order valence-corrected chi connectivity index (χ1v) is 6.77. The molecule has 0 spiro atoms. The molecule has 6 nitrogen and oxygen atoms in total. The van der Waals surface area contributed by atoms with Crippen LogP contribution in [-0.2, 0) is 9.53 Å². The van der Waals surface area contributed by atoms with E-state index in [1.807, 2.05) is 27.7 Å². The molecule has 1 aliphatic rings. The van der Waals surface area contributed by atoms with E-state index in [1.54, 1.807) is 4.90 Å². The van der Waals surface area contributed by atoms with E-state index in [4.69, 9.17) is 9.84 Å². The lowest BCUT2D eigenvalue weighted by Crippen LogP contribution is -2.57. The summed E-state index contributed by atoms with van der Waals surface area (Å²) in [6.07, 6.45) is 0.794. The van der Waals surface area contributed by atoms with E-state index in [0.29, 0.717) is 13.2 Å². The van der Waals surface area contributed by atoms with Gasteiger partial charge in [0, 0.05) is 12.6 Å². The van der Waals surface area contributed by atoms with Crippen molar-refractivity contribution in [2.45, 2.75) is 52.3 Å². The Morgan fingerprint density at radius 1 is 1.47 bits per heavy atom. The number of hydrogen-bond acceptors (Lipinski definition) is 3. The number of hydrogen-bond donors (Lipinski definition) is 1. The molecule has 19 heavy (non-hydrogen) atoms. The second kappa shape index (κ2) is 6.75. The van der Waals surface area contributed by atoms with E-state index >= 15 is 0 Å². The van der Waals surface area contributed by atoms with Crippen LogP contribution in [0.25, 0.3) is 0 Å². The fourth-order valence-corrected chi connectivity index (χ4v) is 2.20. The smallest absolute Gasteiger partial charge is 0.323 e. The molecule has 1 heterocycles. The number of carboxylic acid groups (broad SMARTS) is 1. The minimum atomic E-state index is -0.989. The molecular formula is C13H24N2O4. The van der Waals surface area contributed by atoms with Gasteiger partial charge in [0.25, 0.3) is 0 Å². The van der Waals surface area contributed by atoms with Crippen LogP contribution in [-0.4, -0.2) is 64.8 Å². The quantitative estimate of drug-likeness (QED) is 0.840. The van der Waals surface area contributed by atoms with E-state index in [-0.39, 0.29) is 30.8 Å². The van der Waals surface area contributed by atoms with Gasteiger partial charge in [-0.15, -0.1) is 0 Å². The molecule has 1 aliphatic heterocycles. The van der Waals surface area contributed by atoms with Gasteiger partial charge in [-0.05, 0) is 27.2 Å². The standard InChI is InChI=1S/C13H24N2O4/c1-5-11-8-19-10(4)6-15(11)13(18)14(9(2)3)7-12(16)17/h9-11H,5-8H2,1-4H3,(H,16,17).